The van der Waals surface area contributed by atoms with Crippen LogP contribution in [0.5, 0.6) is 0 Å². The number of ether oxygens (including phenoxy) is 4. The van der Waals surface area contributed by atoms with E-state index in [-0.39, 0.29) is 80.9 Å². The largest absolute Gasteiger partial charge is 0.456 e. The first-order valence-electron chi connectivity index (χ1n) is 43.3. The van der Waals surface area contributed by atoms with Crippen LogP contribution in [0.3, 0.4) is 0 Å². The average molecular weight is 2230 g/mol. The number of Topliss-reactive ketones (excluding diaryl/α,β-unsaturated/α-hetero) is 1. The van der Waals surface area contributed by atoms with E-state index in [1.54, 1.807) is 66.9 Å². The van der Waals surface area contributed by atoms with Gasteiger partial charge < -0.3 is 14.2 Å². The van der Waals surface area contributed by atoms with E-state index in [1.807, 2.05) is 108 Å². The molecule has 25 heteroatoms. The average Bonchev–Trinajstić information content (AvgIpc) is 1.57. The summed E-state index contributed by atoms with van der Waals surface area (Å²) >= 11 is 17.6. The maximum atomic E-state index is 15.4. The van der Waals surface area contributed by atoms with Crippen molar-refractivity contribution in [2.24, 2.45) is 15.8 Å². The zero-order valence-electron chi connectivity index (χ0n) is 71.2. The number of esters is 1. The fourth-order valence-electron chi connectivity index (χ4n) is 18.5. The van der Waals surface area contributed by atoms with Crippen LogP contribution in [0.15, 0.2) is 255 Å². The van der Waals surface area contributed by atoms with Crippen molar-refractivity contribution < 1.29 is 69.3 Å². The van der Waals surface area contributed by atoms with E-state index in [0.29, 0.717) is 77.2 Å². The zero-order valence-corrected chi connectivity index (χ0v) is 83.5. The molecule has 3 aliphatic heterocycles. The van der Waals surface area contributed by atoms with Crippen LogP contribution >= 0.6 is 95.6 Å². The maximum Gasteiger partial charge on any atom is 0.410 e. The second-order valence-electron chi connectivity index (χ2n) is 34.4. The summed E-state index contributed by atoms with van der Waals surface area (Å²) in [7, 11) is 0. The number of hydrogen-bond donors (Lipinski definition) is 0. The molecule has 19 rings (SSSR count). The van der Waals surface area contributed by atoms with Gasteiger partial charge in [-0.1, -0.05) is 217 Å². The Balaban J connectivity index is 0.000000130. The monoisotopic (exact) mass is 2230 g/mol. The summed E-state index contributed by atoms with van der Waals surface area (Å²) in [5.74, 6) is -10.4. The molecule has 4 fully saturated rings. The molecule has 0 unspecified atom stereocenters. The molecular weight excluding hydrogens is 2140 g/mol. The van der Waals surface area contributed by atoms with E-state index in [1.165, 1.54) is 103 Å². The molecule has 0 bridgehead atoms. The van der Waals surface area contributed by atoms with Gasteiger partial charge in [0.25, 0.3) is 17.8 Å². The summed E-state index contributed by atoms with van der Waals surface area (Å²) in [4.78, 5) is 71.9. The van der Waals surface area contributed by atoms with Crippen molar-refractivity contribution in [2.45, 2.75) is 168 Å². The summed E-state index contributed by atoms with van der Waals surface area (Å²) in [5, 5.41) is 0. The predicted molar refractivity (Wildman–Crippen MR) is 514 cm³/mol. The van der Waals surface area contributed by atoms with E-state index in [2.05, 4.69) is 130 Å². The number of ketones is 2. The minimum absolute atomic E-state index is 0.0253. The van der Waals surface area contributed by atoms with Gasteiger partial charge in [-0.05, 0) is 201 Å². The topological polar surface area (TPSA) is 141 Å². The number of carbonyl (C=O) groups excluding carboxylic acids is 5. The van der Waals surface area contributed by atoms with Gasteiger partial charge in [-0.2, -0.15) is 26.3 Å². The Bertz CT molecular complexity index is 5900. The summed E-state index contributed by atoms with van der Waals surface area (Å²) in [6, 6.07) is 58.7. The van der Waals surface area contributed by atoms with Gasteiger partial charge in [-0.15, -0.1) is 0 Å². The Kier molecular flexibility index (Phi) is 29.3. The van der Waals surface area contributed by atoms with Gasteiger partial charge in [0.05, 0.1) is 6.04 Å². The Hall–Kier alpha value is -8.24. The van der Waals surface area contributed by atoms with Crippen LogP contribution in [0.4, 0.5) is 35.9 Å². The Morgan fingerprint density at radius 2 is 0.828 bits per heavy atom. The molecule has 3 heterocycles. The van der Waals surface area contributed by atoms with Crippen molar-refractivity contribution in [1.82, 2.24) is 9.80 Å². The Labute approximate surface area is 797 Å². The number of halogens is 12. The first-order chi connectivity index (χ1) is 61.3. The number of allylic oxidation sites excluding steroid dienone is 1. The van der Waals surface area contributed by atoms with Crippen LogP contribution in [0.1, 0.15) is 188 Å². The molecule has 2 saturated heterocycles. The number of rotatable bonds is 22. The molecule has 12 nitrogen and oxygen atoms in total. The van der Waals surface area contributed by atoms with Gasteiger partial charge in [0.2, 0.25) is 0 Å². The van der Waals surface area contributed by atoms with Crippen LogP contribution in [0, 0.1) is 10.8 Å². The first kappa shape index (κ1) is 94.4. The first-order valence-corrected chi connectivity index (χ1v) is 55.6. The van der Waals surface area contributed by atoms with Gasteiger partial charge in [0.1, 0.15) is 19.3 Å². The van der Waals surface area contributed by atoms with Crippen molar-refractivity contribution in [3.05, 3.63) is 316 Å². The second-order valence-corrected chi connectivity index (χ2v) is 53.1. The Morgan fingerprint density at radius 3 is 1.26 bits per heavy atom. The molecule has 2 saturated carbocycles. The minimum Gasteiger partial charge on any atom is -0.456 e. The van der Waals surface area contributed by atoms with E-state index in [4.69, 9.17) is 23.9 Å². The predicted octanol–water partition coefficient (Wildman–Crippen LogP) is 30.1. The van der Waals surface area contributed by atoms with Crippen molar-refractivity contribution >= 4 is 155 Å². The number of likely N-dealkylation sites (tertiary alicyclic amines) is 2. The molecule has 10 aromatic carbocycles. The van der Waals surface area contributed by atoms with Gasteiger partial charge in [0.15, 0.2) is 18.2 Å². The van der Waals surface area contributed by atoms with Gasteiger partial charge in [-0.3, -0.25) is 24.4 Å². The fraction of sp³-hybridized carbons (Fsp3) is 0.320. The molecular formula is C103H95Br6F6N3O9Sn. The van der Waals surface area contributed by atoms with Crippen LogP contribution in [-0.4, -0.2) is 102 Å². The molecule has 10 aromatic rings. The Morgan fingerprint density at radius 1 is 0.445 bits per heavy atom. The molecule has 9 aliphatic rings. The van der Waals surface area contributed by atoms with Gasteiger partial charge in [0, 0.05) is 108 Å². The molecule has 0 radical (unpaired) electrons. The standard InChI is InChI=1S/C31H25BrF2N2O2.C30H24BrF2NO5.C13H6Br2F2.C13H6Br2O.C4H7O.3C4H9.Sn/c32-22-7-9-24-23-8-6-20(12-25(23)31(33,34)26(24)14-22)21-13-27(35-16-21)28-15-30(10-11-30)18-36(28)29(37)38-17-19-4-2-1-3-5-19;31-20-7-9-22-21-8-6-19(12-23(21)30(32,33)24(22)13-20)26(35)16-38-27(36)25-14-29(10-11-29)17-34(25)28(37)39-15-18-4-2-1-3-5-18;14-7-1-3-9-10-4-2-8(15)6-12(10)13(16,17)11(9)5-7;14-7-1-3-9-10-4-2-8(15)6-12(10)13(16)11(9)5-7;1-3-5-4-2;3*1-3-4-2;/h1-9,12,14,16,28H,10-11,13,15,17-18H2;1-9,12-13,25H,10-11,14-17H2;1-6H;1-6H;1,4H2,2H3;3*1,3-4H2,2H3;/t28-;25-;;;;;;;/m00......./s1. The number of hydrogen-bond acceptors (Lipinski definition) is 10. The van der Waals surface area contributed by atoms with Crippen molar-refractivity contribution in [1.29, 1.82) is 0 Å². The third-order valence-corrected chi connectivity index (χ3v) is 43.8. The van der Waals surface area contributed by atoms with E-state index >= 15 is 17.6 Å². The molecule has 6 aliphatic carbocycles. The summed E-state index contributed by atoms with van der Waals surface area (Å²) in [6.45, 7) is 14.9. The molecule has 0 N–H and O–H groups in total. The second kappa shape index (κ2) is 39.7. The summed E-state index contributed by atoms with van der Waals surface area (Å²) in [6.07, 6.45) is 14.8. The number of amides is 2. The minimum atomic E-state index is -3.26. The molecule has 2 spiro atoms. The molecule has 128 heavy (non-hydrogen) atoms. The van der Waals surface area contributed by atoms with Gasteiger partial charge >= 0.3 is 138 Å². The molecule has 2 atom stereocenters. The normalized spacial score (nSPS) is 17.6. The van der Waals surface area contributed by atoms with Crippen molar-refractivity contribution in [3.8, 4) is 44.5 Å². The number of fused-ring (bicyclic) bond motifs is 12. The van der Waals surface area contributed by atoms with Gasteiger partial charge in [-0.25, -0.2) is 14.4 Å². The van der Waals surface area contributed by atoms with Crippen LogP contribution in [0.2, 0.25) is 13.3 Å². The summed E-state index contributed by atoms with van der Waals surface area (Å²) < 4.78 is 122. The van der Waals surface area contributed by atoms with Crippen LogP contribution < -0.4 is 0 Å². The molecule has 0 aromatic heterocycles. The number of unbranched alkanes of at least 4 members (excludes halogenated alkanes) is 3. The number of alkyl halides is 6. The molecule has 2 amide bonds. The quantitative estimate of drug-likeness (QED) is 0.0162. The zero-order chi connectivity index (χ0) is 90.8. The van der Waals surface area contributed by atoms with Crippen molar-refractivity contribution in [3.63, 3.8) is 0 Å². The van der Waals surface area contributed by atoms with Crippen LogP contribution in [0.25, 0.3) is 50.1 Å². The SMILES string of the molecule is C=[C](OCC)[Sn]([CH2]CCC)([CH2]CCC)[CH2]CCC.FC1(F)c2cc(Br)ccc2-c2ccc(Br)cc21.O=C(COC(=O)[C@@H]1CC2(CC2)CN1C(=O)OCc1ccccc1)c1ccc2c(c1)C(F)(F)c1cc(Br)ccc1-2.O=C(OCc1ccccc1)N1CC2(CC2)C[C@H]1C1=NC=C(c2ccc3c(c2)C(F)(F)c2cc(Br)ccc2-3)C1.O=C1c2cc(Br)ccc2-c2ccc(Br)cc21. The third-order valence-electron chi connectivity index (χ3n) is 25.8. The van der Waals surface area contributed by atoms with E-state index in [0.717, 1.165) is 97.9 Å². The third kappa shape index (κ3) is 20.2. The number of aliphatic imine (C=N–C) groups is 1. The summed E-state index contributed by atoms with van der Waals surface area (Å²) in [5.41, 5.74) is 10.9. The number of benzene rings is 10. The number of carbonyl (C=O) groups is 5. The van der Waals surface area contributed by atoms with Crippen molar-refractivity contribution in [2.75, 3.05) is 26.3 Å². The van der Waals surface area contributed by atoms with Crippen LogP contribution in [-0.2, 0) is 54.7 Å². The molecule has 664 valence electrons. The maximum absolute atomic E-state index is 15.4. The van der Waals surface area contributed by atoms with E-state index in [9.17, 15) is 32.8 Å². The fourth-order valence-corrected chi connectivity index (χ4v) is 35.3. The number of nitrogens with zero attached hydrogens (tertiary/aromatic N) is 3. The van der Waals surface area contributed by atoms with E-state index < -0.39 is 66.6 Å². The smallest absolute Gasteiger partial charge is 0.410 e.